The second-order valence-corrected chi connectivity index (χ2v) is 7.27. The normalized spacial score (nSPS) is 24.0. The van der Waals surface area contributed by atoms with Crippen LogP contribution in [0.25, 0.3) is 11.0 Å². The highest BCUT2D eigenvalue weighted by Gasteiger charge is 2.56. The van der Waals surface area contributed by atoms with Crippen molar-refractivity contribution in [1.82, 2.24) is 15.5 Å². The van der Waals surface area contributed by atoms with Gasteiger partial charge in [-0.2, -0.15) is 0 Å². The molecule has 2 aliphatic rings. The molecule has 2 fully saturated rings. The minimum atomic E-state index is -0.873. The molecule has 2 aromatic rings. The van der Waals surface area contributed by atoms with Crippen molar-refractivity contribution in [2.45, 2.75) is 38.3 Å². The van der Waals surface area contributed by atoms with E-state index in [1.807, 2.05) is 30.3 Å². The lowest BCUT2D eigenvalue weighted by Crippen LogP contribution is -2.47. The van der Waals surface area contributed by atoms with E-state index in [-0.39, 0.29) is 24.4 Å². The number of furan rings is 1. The summed E-state index contributed by atoms with van der Waals surface area (Å²) in [6.07, 6.45) is 1.84. The monoisotopic (exact) mass is 355 g/mol. The highest BCUT2D eigenvalue weighted by Crippen LogP contribution is 2.42. The molecule has 2 atom stereocenters. The van der Waals surface area contributed by atoms with Crippen molar-refractivity contribution in [1.29, 1.82) is 0 Å². The van der Waals surface area contributed by atoms with Gasteiger partial charge in [0, 0.05) is 5.39 Å². The van der Waals surface area contributed by atoms with E-state index in [4.69, 9.17) is 4.42 Å². The Bertz CT molecular complexity index is 868. The van der Waals surface area contributed by atoms with Crippen LogP contribution < -0.4 is 10.6 Å². The minimum absolute atomic E-state index is 0.168. The van der Waals surface area contributed by atoms with Gasteiger partial charge in [-0.1, -0.05) is 18.2 Å². The van der Waals surface area contributed by atoms with Crippen molar-refractivity contribution in [3.05, 3.63) is 36.1 Å². The molecule has 0 bridgehead atoms. The Kier molecular flexibility index (Phi) is 3.75. The van der Waals surface area contributed by atoms with Crippen LogP contribution in [0, 0.1) is 5.92 Å². The molecular weight excluding hydrogens is 334 g/mol. The molecule has 7 nitrogen and oxygen atoms in total. The highest BCUT2D eigenvalue weighted by molar-refractivity contribution is 6.09. The lowest BCUT2D eigenvalue weighted by Gasteiger charge is -2.21. The smallest absolute Gasteiger partial charge is 0.325 e. The third-order valence-electron chi connectivity index (χ3n) is 5.25. The SMILES string of the molecule is C[C@H](NC(=O)CN1C(=O)N[C@@](C)(C2CC2)C1=O)c1cc2ccccc2o1. The summed E-state index contributed by atoms with van der Waals surface area (Å²) >= 11 is 0. The average Bonchev–Trinajstić information content (AvgIpc) is 3.33. The van der Waals surface area contributed by atoms with Gasteiger partial charge >= 0.3 is 6.03 Å². The van der Waals surface area contributed by atoms with Crippen LogP contribution >= 0.6 is 0 Å². The first-order valence-corrected chi connectivity index (χ1v) is 8.80. The van der Waals surface area contributed by atoms with E-state index in [1.54, 1.807) is 13.8 Å². The summed E-state index contributed by atoms with van der Waals surface area (Å²) < 4.78 is 5.74. The molecule has 0 unspecified atom stereocenters. The summed E-state index contributed by atoms with van der Waals surface area (Å²) in [7, 11) is 0. The van der Waals surface area contributed by atoms with Crippen LogP contribution in [-0.4, -0.2) is 34.8 Å². The van der Waals surface area contributed by atoms with E-state index < -0.39 is 17.5 Å². The average molecular weight is 355 g/mol. The van der Waals surface area contributed by atoms with Gasteiger partial charge in [0.25, 0.3) is 5.91 Å². The summed E-state index contributed by atoms with van der Waals surface area (Å²) in [5.41, 5.74) is -0.125. The van der Waals surface area contributed by atoms with Crippen molar-refractivity contribution in [2.75, 3.05) is 6.54 Å². The quantitative estimate of drug-likeness (QED) is 0.805. The second kappa shape index (κ2) is 5.86. The van der Waals surface area contributed by atoms with Gasteiger partial charge in [0.15, 0.2) is 0 Å². The summed E-state index contributed by atoms with van der Waals surface area (Å²) in [6, 6.07) is 8.59. The van der Waals surface area contributed by atoms with Crippen molar-refractivity contribution in [3.63, 3.8) is 0 Å². The number of nitrogens with zero attached hydrogens (tertiary/aromatic N) is 1. The fourth-order valence-electron chi connectivity index (χ4n) is 3.51. The molecule has 4 amide bonds. The van der Waals surface area contributed by atoms with Crippen LogP contribution in [0.5, 0.6) is 0 Å². The first kappa shape index (κ1) is 16.6. The molecule has 0 radical (unpaired) electrons. The van der Waals surface area contributed by atoms with Crippen LogP contribution in [-0.2, 0) is 9.59 Å². The van der Waals surface area contributed by atoms with E-state index in [0.717, 1.165) is 28.7 Å². The Morgan fingerprint density at radius 3 is 2.81 bits per heavy atom. The first-order valence-electron chi connectivity index (χ1n) is 8.80. The van der Waals surface area contributed by atoms with Crippen LogP contribution in [0.1, 0.15) is 38.5 Å². The van der Waals surface area contributed by atoms with Gasteiger partial charge in [-0.05, 0) is 44.7 Å². The van der Waals surface area contributed by atoms with E-state index >= 15 is 0 Å². The van der Waals surface area contributed by atoms with Gasteiger partial charge in [-0.3, -0.25) is 14.5 Å². The van der Waals surface area contributed by atoms with Crippen molar-refractivity contribution >= 4 is 28.8 Å². The number of fused-ring (bicyclic) bond motifs is 1. The number of benzene rings is 1. The molecule has 136 valence electrons. The number of rotatable bonds is 5. The van der Waals surface area contributed by atoms with Gasteiger partial charge in [0.1, 0.15) is 23.4 Å². The zero-order valence-corrected chi connectivity index (χ0v) is 14.7. The molecule has 1 aliphatic heterocycles. The molecule has 26 heavy (non-hydrogen) atoms. The molecule has 1 aliphatic carbocycles. The Morgan fingerprint density at radius 1 is 1.38 bits per heavy atom. The molecule has 1 aromatic heterocycles. The summed E-state index contributed by atoms with van der Waals surface area (Å²) in [4.78, 5) is 38.1. The maximum absolute atomic E-state index is 12.6. The number of urea groups is 1. The van der Waals surface area contributed by atoms with Crippen LogP contribution in [0.2, 0.25) is 0 Å². The van der Waals surface area contributed by atoms with E-state index in [9.17, 15) is 14.4 Å². The number of hydrogen-bond donors (Lipinski definition) is 2. The van der Waals surface area contributed by atoms with Gasteiger partial charge in [-0.25, -0.2) is 4.79 Å². The molecule has 2 heterocycles. The number of carbonyl (C=O) groups excluding carboxylic acids is 3. The maximum atomic E-state index is 12.6. The van der Waals surface area contributed by atoms with Crippen LogP contribution in [0.15, 0.2) is 34.7 Å². The number of hydrogen-bond acceptors (Lipinski definition) is 4. The molecule has 1 aromatic carbocycles. The molecule has 1 saturated heterocycles. The zero-order valence-electron chi connectivity index (χ0n) is 14.7. The Balaban J connectivity index is 1.42. The number of nitrogens with one attached hydrogen (secondary N) is 2. The minimum Gasteiger partial charge on any atom is -0.459 e. The molecule has 0 spiro atoms. The third-order valence-corrected chi connectivity index (χ3v) is 5.25. The predicted molar refractivity (Wildman–Crippen MR) is 94.1 cm³/mol. The van der Waals surface area contributed by atoms with E-state index in [0.29, 0.717) is 5.76 Å². The second-order valence-electron chi connectivity index (χ2n) is 7.27. The van der Waals surface area contributed by atoms with Crippen molar-refractivity contribution < 1.29 is 18.8 Å². The molecule has 2 N–H and O–H groups in total. The van der Waals surface area contributed by atoms with E-state index in [1.165, 1.54) is 0 Å². The summed E-state index contributed by atoms with van der Waals surface area (Å²) in [5.74, 6) is 0.0686. The molecule has 4 rings (SSSR count). The Hall–Kier alpha value is -2.83. The third kappa shape index (κ3) is 2.73. The maximum Gasteiger partial charge on any atom is 0.325 e. The summed E-state index contributed by atoms with van der Waals surface area (Å²) in [5, 5.41) is 6.49. The lowest BCUT2D eigenvalue weighted by molar-refractivity contribution is -0.135. The molecule has 1 saturated carbocycles. The molecular formula is C19H21N3O4. The Labute approximate surface area is 150 Å². The molecule has 7 heteroatoms. The number of carbonyl (C=O) groups is 3. The van der Waals surface area contributed by atoms with E-state index in [2.05, 4.69) is 10.6 Å². The number of amides is 4. The first-order chi connectivity index (χ1) is 12.4. The predicted octanol–water partition coefficient (Wildman–Crippen LogP) is 2.33. The largest absolute Gasteiger partial charge is 0.459 e. The summed E-state index contributed by atoms with van der Waals surface area (Å²) in [6.45, 7) is 3.24. The Morgan fingerprint density at radius 2 is 2.12 bits per heavy atom. The fraction of sp³-hybridized carbons (Fsp3) is 0.421. The van der Waals surface area contributed by atoms with Gasteiger partial charge in [-0.15, -0.1) is 0 Å². The van der Waals surface area contributed by atoms with Gasteiger partial charge < -0.3 is 15.1 Å². The number of imide groups is 1. The highest BCUT2D eigenvalue weighted by atomic mass is 16.3. The lowest BCUT2D eigenvalue weighted by atomic mass is 9.96. The van der Waals surface area contributed by atoms with Crippen molar-refractivity contribution in [2.24, 2.45) is 5.92 Å². The van der Waals surface area contributed by atoms with Gasteiger partial charge in [0.05, 0.1) is 6.04 Å². The topological polar surface area (TPSA) is 91.7 Å². The zero-order chi connectivity index (χ0) is 18.5. The van der Waals surface area contributed by atoms with Crippen LogP contribution in [0.3, 0.4) is 0 Å². The standard InChI is InChI=1S/C19H21N3O4/c1-11(15-9-12-5-3-4-6-14(12)26-15)20-16(23)10-22-17(24)19(2,13-7-8-13)21-18(22)25/h3-6,9,11,13H,7-8,10H2,1-2H3,(H,20,23)(H,21,25)/t11-,19-/m0/s1. The fourth-order valence-corrected chi connectivity index (χ4v) is 3.51. The van der Waals surface area contributed by atoms with Crippen molar-refractivity contribution in [3.8, 4) is 0 Å². The van der Waals surface area contributed by atoms with Gasteiger partial charge in [0.2, 0.25) is 5.91 Å². The van der Waals surface area contributed by atoms with Crippen LogP contribution in [0.4, 0.5) is 4.79 Å². The number of para-hydroxylation sites is 1.